The molecular weight excluding hydrogens is 174 g/mol. The summed E-state index contributed by atoms with van der Waals surface area (Å²) in [5, 5.41) is 3.13. The van der Waals surface area contributed by atoms with Gasteiger partial charge < -0.3 is 10.1 Å². The summed E-state index contributed by atoms with van der Waals surface area (Å²) in [6, 6.07) is 0. The van der Waals surface area contributed by atoms with Crippen LogP contribution in [0.25, 0.3) is 0 Å². The van der Waals surface area contributed by atoms with E-state index in [9.17, 15) is 0 Å². The van der Waals surface area contributed by atoms with Crippen molar-refractivity contribution in [2.75, 3.05) is 20.2 Å². The number of allylic oxidation sites excluding steroid dienone is 1. The number of hydrogen-bond donors (Lipinski definition) is 1. The number of hydrogen-bond acceptors (Lipinski definition) is 2. The quantitative estimate of drug-likeness (QED) is 0.500. The molecule has 0 amide bonds. The Kier molecular flexibility index (Phi) is 6.71. The molecule has 0 aromatic rings. The molecule has 1 aliphatic heterocycles. The molecule has 2 nitrogen and oxygen atoms in total. The number of rotatable bonds is 7. The van der Waals surface area contributed by atoms with E-state index in [1.54, 1.807) is 0 Å². The zero-order chi connectivity index (χ0) is 10.1. The van der Waals surface area contributed by atoms with Crippen LogP contribution in [-0.4, -0.2) is 26.3 Å². The molecule has 1 aliphatic rings. The van der Waals surface area contributed by atoms with Crippen molar-refractivity contribution in [1.82, 2.24) is 5.32 Å². The predicted molar refractivity (Wildman–Crippen MR) is 60.5 cm³/mol. The molecule has 0 radical (unpaired) electrons. The lowest BCUT2D eigenvalue weighted by Crippen LogP contribution is -2.05. The molecule has 1 atom stereocenters. The second kappa shape index (κ2) is 8.01. The smallest absolute Gasteiger partial charge is 0.0576 e. The average molecular weight is 197 g/mol. The zero-order valence-electron chi connectivity index (χ0n) is 9.30. The molecule has 82 valence electrons. The molecule has 1 rings (SSSR count). The van der Waals surface area contributed by atoms with Gasteiger partial charge in [-0.05, 0) is 52.1 Å². The summed E-state index contributed by atoms with van der Waals surface area (Å²) in [5.41, 5.74) is 0. The van der Waals surface area contributed by atoms with Gasteiger partial charge in [-0.25, -0.2) is 0 Å². The molecule has 0 saturated carbocycles. The monoisotopic (exact) mass is 197 g/mol. The highest BCUT2D eigenvalue weighted by molar-refractivity contribution is 4.82. The fraction of sp³-hybridized carbons (Fsp3) is 0.833. The van der Waals surface area contributed by atoms with Crippen LogP contribution in [0.1, 0.15) is 38.5 Å². The van der Waals surface area contributed by atoms with Crippen molar-refractivity contribution >= 4 is 0 Å². The number of ether oxygens (including phenoxy) is 1. The fourth-order valence-corrected chi connectivity index (χ4v) is 1.80. The van der Waals surface area contributed by atoms with Crippen molar-refractivity contribution in [1.29, 1.82) is 0 Å². The van der Waals surface area contributed by atoms with Gasteiger partial charge in [-0.3, -0.25) is 0 Å². The van der Waals surface area contributed by atoms with Gasteiger partial charge >= 0.3 is 0 Å². The van der Waals surface area contributed by atoms with Gasteiger partial charge in [-0.15, -0.1) is 0 Å². The molecule has 1 heterocycles. The van der Waals surface area contributed by atoms with Crippen LogP contribution in [0.15, 0.2) is 12.2 Å². The first-order valence-corrected chi connectivity index (χ1v) is 5.84. The minimum absolute atomic E-state index is 0.570. The Bertz CT molecular complexity index is 150. The summed E-state index contributed by atoms with van der Waals surface area (Å²) in [4.78, 5) is 0. The predicted octanol–water partition coefficient (Wildman–Crippen LogP) is 2.50. The minimum atomic E-state index is 0.570. The molecule has 0 aromatic carbocycles. The maximum absolute atomic E-state index is 5.56. The van der Waals surface area contributed by atoms with Crippen molar-refractivity contribution in [3.63, 3.8) is 0 Å². The largest absolute Gasteiger partial charge is 0.378 e. The molecule has 0 aromatic heterocycles. The summed E-state index contributed by atoms with van der Waals surface area (Å²) >= 11 is 0. The molecule has 1 unspecified atom stereocenters. The van der Waals surface area contributed by atoms with E-state index in [2.05, 4.69) is 17.5 Å². The average Bonchev–Trinajstić information content (AvgIpc) is 2.69. The van der Waals surface area contributed by atoms with Crippen LogP contribution in [0.3, 0.4) is 0 Å². The Balaban J connectivity index is 1.85. The Morgan fingerprint density at radius 2 is 2.21 bits per heavy atom. The molecule has 0 aliphatic carbocycles. The van der Waals surface area contributed by atoms with Crippen LogP contribution in [0.2, 0.25) is 0 Å². The van der Waals surface area contributed by atoms with Crippen molar-refractivity contribution in [3.8, 4) is 0 Å². The van der Waals surface area contributed by atoms with E-state index in [-0.39, 0.29) is 0 Å². The van der Waals surface area contributed by atoms with Crippen molar-refractivity contribution < 1.29 is 4.74 Å². The van der Waals surface area contributed by atoms with E-state index in [0.717, 1.165) is 19.6 Å². The molecule has 1 N–H and O–H groups in total. The first-order chi connectivity index (χ1) is 6.93. The summed E-state index contributed by atoms with van der Waals surface area (Å²) in [5.74, 6) is 0. The number of unbranched alkanes of at least 4 members (excludes halogenated alkanes) is 1. The van der Waals surface area contributed by atoms with Crippen LogP contribution in [0, 0.1) is 0 Å². The van der Waals surface area contributed by atoms with E-state index in [1.807, 2.05) is 7.05 Å². The molecule has 2 heteroatoms. The van der Waals surface area contributed by atoms with Gasteiger partial charge in [0.1, 0.15) is 0 Å². The first-order valence-electron chi connectivity index (χ1n) is 5.84. The lowest BCUT2D eigenvalue weighted by molar-refractivity contribution is 0.103. The summed E-state index contributed by atoms with van der Waals surface area (Å²) in [7, 11) is 1.99. The Hall–Kier alpha value is -0.340. The van der Waals surface area contributed by atoms with Gasteiger partial charge in [0.05, 0.1) is 6.10 Å². The highest BCUT2D eigenvalue weighted by Gasteiger charge is 2.13. The van der Waals surface area contributed by atoms with Crippen LogP contribution < -0.4 is 5.32 Å². The van der Waals surface area contributed by atoms with E-state index in [0.29, 0.717) is 6.10 Å². The van der Waals surface area contributed by atoms with Gasteiger partial charge in [-0.1, -0.05) is 12.2 Å². The van der Waals surface area contributed by atoms with E-state index >= 15 is 0 Å². The highest BCUT2D eigenvalue weighted by Crippen LogP contribution is 2.17. The van der Waals surface area contributed by atoms with Gasteiger partial charge in [-0.2, -0.15) is 0 Å². The third-order valence-corrected chi connectivity index (χ3v) is 2.65. The third-order valence-electron chi connectivity index (χ3n) is 2.65. The molecule has 14 heavy (non-hydrogen) atoms. The lowest BCUT2D eigenvalue weighted by atomic mass is 10.1. The SMILES string of the molecule is CNCCC=CCCCC1CCCO1. The van der Waals surface area contributed by atoms with Crippen LogP contribution in [0.5, 0.6) is 0 Å². The minimum Gasteiger partial charge on any atom is -0.378 e. The van der Waals surface area contributed by atoms with Crippen molar-refractivity contribution in [2.24, 2.45) is 0 Å². The summed E-state index contributed by atoms with van der Waals surface area (Å²) in [6.45, 7) is 2.07. The van der Waals surface area contributed by atoms with Gasteiger partial charge in [0.25, 0.3) is 0 Å². The van der Waals surface area contributed by atoms with Gasteiger partial charge in [0, 0.05) is 6.61 Å². The van der Waals surface area contributed by atoms with Gasteiger partial charge in [0.15, 0.2) is 0 Å². The summed E-state index contributed by atoms with van der Waals surface area (Å²) in [6.07, 6.45) is 12.6. The first kappa shape index (κ1) is 11.7. The molecular formula is C12H23NO. The Morgan fingerprint density at radius 1 is 1.36 bits per heavy atom. The van der Waals surface area contributed by atoms with Crippen LogP contribution in [0.4, 0.5) is 0 Å². The summed E-state index contributed by atoms with van der Waals surface area (Å²) < 4.78 is 5.56. The second-order valence-corrected chi connectivity index (χ2v) is 3.93. The van der Waals surface area contributed by atoms with E-state index in [4.69, 9.17) is 4.74 Å². The molecule has 1 saturated heterocycles. The standard InChI is InChI=1S/C12H23NO/c1-13-10-6-4-2-3-5-8-12-9-7-11-14-12/h2,4,12-13H,3,5-11H2,1H3. The molecule has 0 spiro atoms. The maximum Gasteiger partial charge on any atom is 0.0576 e. The lowest BCUT2D eigenvalue weighted by Gasteiger charge is -2.06. The zero-order valence-corrected chi connectivity index (χ0v) is 9.30. The third kappa shape index (κ3) is 5.40. The molecule has 0 bridgehead atoms. The topological polar surface area (TPSA) is 21.3 Å². The highest BCUT2D eigenvalue weighted by atomic mass is 16.5. The van der Waals surface area contributed by atoms with Gasteiger partial charge in [0.2, 0.25) is 0 Å². The Morgan fingerprint density at radius 3 is 2.93 bits per heavy atom. The van der Waals surface area contributed by atoms with Crippen molar-refractivity contribution in [2.45, 2.75) is 44.6 Å². The Labute approximate surface area is 87.7 Å². The molecule has 1 fully saturated rings. The van der Waals surface area contributed by atoms with Crippen LogP contribution in [-0.2, 0) is 4.74 Å². The normalized spacial score (nSPS) is 22.2. The van der Waals surface area contributed by atoms with E-state index in [1.165, 1.54) is 32.1 Å². The second-order valence-electron chi connectivity index (χ2n) is 3.93. The van der Waals surface area contributed by atoms with Crippen molar-refractivity contribution in [3.05, 3.63) is 12.2 Å². The van der Waals surface area contributed by atoms with Crippen LogP contribution >= 0.6 is 0 Å². The maximum atomic E-state index is 5.56. The van der Waals surface area contributed by atoms with E-state index < -0.39 is 0 Å². The number of nitrogens with one attached hydrogen (secondary N) is 1. The fourth-order valence-electron chi connectivity index (χ4n) is 1.80.